The van der Waals surface area contributed by atoms with Crippen LogP contribution < -0.4 is 5.32 Å². The monoisotopic (exact) mass is 211 g/mol. The van der Waals surface area contributed by atoms with Crippen molar-refractivity contribution in [2.75, 3.05) is 13.7 Å². The number of methoxy groups -OCH3 is 1. The Balaban J connectivity index is 2.69. The van der Waals surface area contributed by atoms with E-state index in [-0.39, 0.29) is 6.10 Å². The van der Waals surface area contributed by atoms with Gasteiger partial charge in [0.05, 0.1) is 17.8 Å². The maximum absolute atomic E-state index is 5.30. The van der Waals surface area contributed by atoms with Crippen LogP contribution in [0.25, 0.3) is 0 Å². The lowest BCUT2D eigenvalue weighted by molar-refractivity contribution is 0.0996. The van der Waals surface area contributed by atoms with Crippen LogP contribution in [0.15, 0.2) is 12.3 Å². The quantitative estimate of drug-likeness (QED) is 0.775. The van der Waals surface area contributed by atoms with E-state index in [4.69, 9.17) is 4.74 Å². The minimum atomic E-state index is 0.254. The minimum Gasteiger partial charge on any atom is -0.382 e. The zero-order valence-corrected chi connectivity index (χ0v) is 10.0. The fourth-order valence-corrected chi connectivity index (χ4v) is 1.71. The molecule has 0 aliphatic carbocycles. The molecule has 2 unspecified atom stereocenters. The summed E-state index contributed by atoms with van der Waals surface area (Å²) in [5.74, 6) is 0. The first kappa shape index (κ1) is 12.2. The van der Waals surface area contributed by atoms with Crippen molar-refractivity contribution in [2.45, 2.75) is 32.4 Å². The molecule has 0 bridgehead atoms. The summed E-state index contributed by atoms with van der Waals surface area (Å²) in [5.41, 5.74) is 1.21. The molecule has 0 aliphatic rings. The third kappa shape index (κ3) is 3.32. The Morgan fingerprint density at radius 2 is 2.33 bits per heavy atom. The Kier molecular flexibility index (Phi) is 4.78. The van der Waals surface area contributed by atoms with Gasteiger partial charge in [0.1, 0.15) is 0 Å². The number of hydrogen-bond donors (Lipinski definition) is 1. The molecule has 0 saturated carbocycles. The standard InChI is InChI=1S/C11H21N3O/c1-5-12-10(8-9(2)15-4)11-6-7-13-14(11)3/h6-7,9-10,12H,5,8H2,1-4H3. The highest BCUT2D eigenvalue weighted by Gasteiger charge is 2.16. The third-order valence-electron chi connectivity index (χ3n) is 2.64. The van der Waals surface area contributed by atoms with E-state index in [1.54, 1.807) is 7.11 Å². The Morgan fingerprint density at radius 1 is 1.60 bits per heavy atom. The fraction of sp³-hybridized carbons (Fsp3) is 0.727. The summed E-state index contributed by atoms with van der Waals surface area (Å²) in [4.78, 5) is 0. The van der Waals surface area contributed by atoms with E-state index in [1.165, 1.54) is 5.69 Å². The molecule has 2 atom stereocenters. The van der Waals surface area contributed by atoms with Crippen LogP contribution in [0, 0.1) is 0 Å². The molecule has 0 amide bonds. The number of ether oxygens (including phenoxy) is 1. The van der Waals surface area contributed by atoms with Gasteiger partial charge in [0.25, 0.3) is 0 Å². The van der Waals surface area contributed by atoms with Crippen molar-refractivity contribution in [3.8, 4) is 0 Å². The van der Waals surface area contributed by atoms with Crippen LogP contribution in [0.4, 0.5) is 0 Å². The van der Waals surface area contributed by atoms with E-state index >= 15 is 0 Å². The zero-order chi connectivity index (χ0) is 11.3. The molecule has 1 aromatic heterocycles. The van der Waals surface area contributed by atoms with Gasteiger partial charge in [-0.25, -0.2) is 0 Å². The van der Waals surface area contributed by atoms with Crippen molar-refractivity contribution in [2.24, 2.45) is 7.05 Å². The molecular formula is C11H21N3O. The van der Waals surface area contributed by atoms with Gasteiger partial charge in [-0.05, 0) is 26.0 Å². The second-order valence-electron chi connectivity index (χ2n) is 3.77. The Labute approximate surface area is 91.6 Å². The second kappa shape index (κ2) is 5.88. The highest BCUT2D eigenvalue weighted by Crippen LogP contribution is 2.18. The summed E-state index contributed by atoms with van der Waals surface area (Å²) < 4.78 is 7.21. The molecule has 15 heavy (non-hydrogen) atoms. The second-order valence-corrected chi connectivity index (χ2v) is 3.77. The number of nitrogens with one attached hydrogen (secondary N) is 1. The van der Waals surface area contributed by atoms with E-state index in [0.29, 0.717) is 6.04 Å². The summed E-state index contributed by atoms with van der Waals surface area (Å²) in [7, 11) is 3.72. The Hall–Kier alpha value is -0.870. The van der Waals surface area contributed by atoms with Gasteiger partial charge >= 0.3 is 0 Å². The molecule has 4 heteroatoms. The molecule has 1 rings (SSSR count). The molecule has 1 heterocycles. The van der Waals surface area contributed by atoms with Gasteiger partial charge in [-0.2, -0.15) is 5.10 Å². The summed E-state index contributed by atoms with van der Waals surface area (Å²) >= 11 is 0. The van der Waals surface area contributed by atoms with Crippen LogP contribution in [0.2, 0.25) is 0 Å². The summed E-state index contributed by atoms with van der Waals surface area (Å²) in [6, 6.07) is 2.37. The predicted octanol–water partition coefficient (Wildman–Crippen LogP) is 1.50. The van der Waals surface area contributed by atoms with Gasteiger partial charge in [-0.1, -0.05) is 6.92 Å². The summed E-state index contributed by atoms with van der Waals surface area (Å²) in [6.07, 6.45) is 3.05. The van der Waals surface area contributed by atoms with Gasteiger partial charge in [0.2, 0.25) is 0 Å². The predicted molar refractivity (Wildman–Crippen MR) is 60.7 cm³/mol. The molecule has 4 nitrogen and oxygen atoms in total. The highest BCUT2D eigenvalue weighted by atomic mass is 16.5. The van der Waals surface area contributed by atoms with Crippen LogP contribution in [0.3, 0.4) is 0 Å². The molecule has 0 aromatic carbocycles. The first-order valence-electron chi connectivity index (χ1n) is 5.43. The van der Waals surface area contributed by atoms with Gasteiger partial charge in [-0.3, -0.25) is 4.68 Å². The van der Waals surface area contributed by atoms with Crippen LogP contribution in [-0.2, 0) is 11.8 Å². The fourth-order valence-electron chi connectivity index (χ4n) is 1.71. The molecular weight excluding hydrogens is 190 g/mol. The van der Waals surface area contributed by atoms with Crippen molar-refractivity contribution < 1.29 is 4.74 Å². The van der Waals surface area contributed by atoms with Gasteiger partial charge < -0.3 is 10.1 Å². The first-order chi connectivity index (χ1) is 7.19. The van der Waals surface area contributed by atoms with Gasteiger partial charge in [0, 0.05) is 20.4 Å². The number of rotatable bonds is 6. The lowest BCUT2D eigenvalue weighted by Gasteiger charge is -2.21. The van der Waals surface area contributed by atoms with E-state index in [9.17, 15) is 0 Å². The molecule has 86 valence electrons. The highest BCUT2D eigenvalue weighted by molar-refractivity contribution is 5.06. The van der Waals surface area contributed by atoms with Crippen molar-refractivity contribution in [1.29, 1.82) is 0 Å². The Morgan fingerprint density at radius 3 is 2.80 bits per heavy atom. The van der Waals surface area contributed by atoms with Gasteiger partial charge in [0.15, 0.2) is 0 Å². The zero-order valence-electron chi connectivity index (χ0n) is 10.0. The lowest BCUT2D eigenvalue weighted by Crippen LogP contribution is -2.26. The molecule has 0 saturated heterocycles. The molecule has 0 radical (unpaired) electrons. The van der Waals surface area contributed by atoms with E-state index < -0.39 is 0 Å². The molecule has 0 aliphatic heterocycles. The number of nitrogens with zero attached hydrogens (tertiary/aromatic N) is 2. The summed E-state index contributed by atoms with van der Waals surface area (Å²) in [6.45, 7) is 5.15. The maximum atomic E-state index is 5.30. The SMILES string of the molecule is CCNC(CC(C)OC)c1ccnn1C. The minimum absolute atomic E-state index is 0.254. The molecule has 1 N–H and O–H groups in total. The normalized spacial score (nSPS) is 15.2. The largest absolute Gasteiger partial charge is 0.382 e. The van der Waals surface area contributed by atoms with Crippen molar-refractivity contribution >= 4 is 0 Å². The van der Waals surface area contributed by atoms with E-state index in [0.717, 1.165) is 13.0 Å². The molecule has 0 spiro atoms. The molecule has 1 aromatic rings. The van der Waals surface area contributed by atoms with Crippen molar-refractivity contribution in [3.63, 3.8) is 0 Å². The smallest absolute Gasteiger partial charge is 0.0561 e. The third-order valence-corrected chi connectivity index (χ3v) is 2.64. The van der Waals surface area contributed by atoms with Crippen LogP contribution >= 0.6 is 0 Å². The average molecular weight is 211 g/mol. The molecule has 0 fully saturated rings. The lowest BCUT2D eigenvalue weighted by atomic mass is 10.1. The Bertz CT molecular complexity index is 285. The number of aromatic nitrogens is 2. The van der Waals surface area contributed by atoms with Crippen molar-refractivity contribution in [3.05, 3.63) is 18.0 Å². The topological polar surface area (TPSA) is 39.1 Å². The van der Waals surface area contributed by atoms with Crippen LogP contribution in [0.1, 0.15) is 32.0 Å². The average Bonchev–Trinajstić information content (AvgIpc) is 2.63. The maximum Gasteiger partial charge on any atom is 0.0561 e. The number of aryl methyl sites for hydroxylation is 1. The van der Waals surface area contributed by atoms with Crippen LogP contribution in [-0.4, -0.2) is 29.5 Å². The van der Waals surface area contributed by atoms with E-state index in [2.05, 4.69) is 30.3 Å². The summed E-state index contributed by atoms with van der Waals surface area (Å²) in [5, 5.41) is 7.64. The van der Waals surface area contributed by atoms with E-state index in [1.807, 2.05) is 17.9 Å². The van der Waals surface area contributed by atoms with Crippen molar-refractivity contribution in [1.82, 2.24) is 15.1 Å². The first-order valence-corrected chi connectivity index (χ1v) is 5.43. The van der Waals surface area contributed by atoms with Crippen LogP contribution in [0.5, 0.6) is 0 Å². The van der Waals surface area contributed by atoms with Gasteiger partial charge in [-0.15, -0.1) is 0 Å². The number of hydrogen-bond acceptors (Lipinski definition) is 3.